The Bertz CT molecular complexity index is 1390. The van der Waals surface area contributed by atoms with Crippen LogP contribution in [0.25, 0.3) is 33.1 Å². The Morgan fingerprint density at radius 2 is 2.16 bits per heavy atom. The Morgan fingerprint density at radius 1 is 1.31 bits per heavy atom. The van der Waals surface area contributed by atoms with Crippen LogP contribution in [-0.4, -0.2) is 47.3 Å². The average molecular weight is 433 g/mol. The molecule has 0 saturated carbocycles. The van der Waals surface area contributed by atoms with Gasteiger partial charge in [0.2, 0.25) is 0 Å². The van der Waals surface area contributed by atoms with Crippen LogP contribution in [0.15, 0.2) is 36.8 Å². The van der Waals surface area contributed by atoms with Crippen molar-refractivity contribution in [2.45, 2.75) is 12.1 Å². The zero-order valence-electron chi connectivity index (χ0n) is 17.4. The fraction of sp³-hybridized carbons (Fsp3) is 0.261. The number of rotatable bonds is 4. The van der Waals surface area contributed by atoms with Gasteiger partial charge >= 0.3 is 0 Å². The molecule has 9 heteroatoms. The van der Waals surface area contributed by atoms with Crippen LogP contribution in [0.1, 0.15) is 12.0 Å². The number of hydrogen-bond donors (Lipinski definition) is 3. The number of aromatic amines is 1. The molecule has 7 nitrogen and oxygen atoms in total. The van der Waals surface area contributed by atoms with E-state index in [1.807, 2.05) is 4.90 Å². The number of halogens is 2. The maximum atomic E-state index is 15.1. The Balaban J connectivity index is 1.85. The number of alkyl halides is 1. The van der Waals surface area contributed by atoms with Gasteiger partial charge in [0, 0.05) is 61.7 Å². The van der Waals surface area contributed by atoms with Crippen molar-refractivity contribution in [3.8, 4) is 17.2 Å². The molecule has 0 unspecified atom stereocenters. The van der Waals surface area contributed by atoms with E-state index in [1.54, 1.807) is 25.5 Å². The minimum Gasteiger partial charge on any atom is -0.386 e. The third-order valence-corrected chi connectivity index (χ3v) is 6.10. The predicted molar refractivity (Wildman–Crippen MR) is 121 cm³/mol. The predicted octanol–water partition coefficient (Wildman–Crippen LogP) is 3.71. The molecular formula is C23H21F2N7. The summed E-state index contributed by atoms with van der Waals surface area (Å²) in [5.74, 6) is -0.393. The molecule has 5 rings (SSSR count). The third-order valence-electron chi connectivity index (χ3n) is 6.10. The van der Waals surface area contributed by atoms with Crippen LogP contribution in [0, 0.1) is 17.1 Å². The van der Waals surface area contributed by atoms with Gasteiger partial charge in [-0.3, -0.25) is 4.98 Å². The van der Waals surface area contributed by atoms with Gasteiger partial charge in [0.1, 0.15) is 23.2 Å². The van der Waals surface area contributed by atoms with Gasteiger partial charge < -0.3 is 20.9 Å². The van der Waals surface area contributed by atoms with Crippen LogP contribution in [0.4, 0.5) is 20.2 Å². The molecule has 0 spiro atoms. The second-order valence-corrected chi connectivity index (χ2v) is 8.10. The Hall–Kier alpha value is -3.77. The number of nitrogens with zero attached hydrogens (tertiary/aromatic N) is 4. The number of nitrogens with one attached hydrogen (secondary N) is 2. The highest BCUT2D eigenvalue weighted by atomic mass is 19.1. The number of aromatic nitrogens is 3. The minimum atomic E-state index is -1.51. The van der Waals surface area contributed by atoms with Gasteiger partial charge in [-0.05, 0) is 18.2 Å². The lowest BCUT2D eigenvalue weighted by Gasteiger charge is -2.24. The first-order valence-electron chi connectivity index (χ1n) is 10.3. The highest BCUT2D eigenvalue weighted by Crippen LogP contribution is 2.44. The first kappa shape index (κ1) is 20.2. The summed E-state index contributed by atoms with van der Waals surface area (Å²) in [6.45, 7) is 0.485. The highest BCUT2D eigenvalue weighted by Gasteiger charge is 2.39. The molecular weight excluding hydrogens is 412 g/mol. The van der Waals surface area contributed by atoms with Crippen molar-refractivity contribution < 1.29 is 8.78 Å². The van der Waals surface area contributed by atoms with Crippen LogP contribution >= 0.6 is 0 Å². The lowest BCUT2D eigenvalue weighted by molar-refractivity contribution is 0.204. The summed E-state index contributed by atoms with van der Waals surface area (Å²) in [6.07, 6.45) is 5.10. The van der Waals surface area contributed by atoms with Crippen molar-refractivity contribution in [3.05, 3.63) is 48.2 Å². The van der Waals surface area contributed by atoms with E-state index in [0.29, 0.717) is 57.3 Å². The molecule has 4 heterocycles. The van der Waals surface area contributed by atoms with Crippen LogP contribution in [0.3, 0.4) is 0 Å². The molecule has 0 radical (unpaired) electrons. The zero-order valence-corrected chi connectivity index (χ0v) is 17.4. The molecule has 32 heavy (non-hydrogen) atoms. The van der Waals surface area contributed by atoms with E-state index in [4.69, 9.17) is 5.73 Å². The van der Waals surface area contributed by atoms with E-state index in [-0.39, 0.29) is 13.1 Å². The molecule has 1 aliphatic rings. The number of benzene rings is 1. The summed E-state index contributed by atoms with van der Waals surface area (Å²) in [5.41, 5.74) is 8.57. The first-order valence-corrected chi connectivity index (χ1v) is 10.3. The number of nitrogens with two attached hydrogens (primary N) is 1. The number of fused-ring (bicyclic) bond motifs is 3. The zero-order chi connectivity index (χ0) is 22.5. The topological polar surface area (TPSA) is 107 Å². The Morgan fingerprint density at radius 3 is 2.88 bits per heavy atom. The molecule has 1 fully saturated rings. The van der Waals surface area contributed by atoms with E-state index < -0.39 is 11.5 Å². The van der Waals surface area contributed by atoms with Crippen LogP contribution < -0.4 is 16.0 Å². The molecule has 4 aromatic rings. The maximum absolute atomic E-state index is 15.1. The normalized spacial score (nSPS) is 18.4. The van der Waals surface area contributed by atoms with Crippen molar-refractivity contribution >= 4 is 33.3 Å². The molecule has 1 aromatic carbocycles. The van der Waals surface area contributed by atoms with E-state index >= 15 is 4.39 Å². The quantitative estimate of drug-likeness (QED) is 0.453. The SMILES string of the molecule is CNc1cc(F)cc2c1[nH]c1ncc(-c3cncc(C#N)c3)c(N3CC[C@](F)(CN)C3)c12. The van der Waals surface area contributed by atoms with Crippen molar-refractivity contribution in [3.63, 3.8) is 0 Å². The Kier molecular flexibility index (Phi) is 4.68. The van der Waals surface area contributed by atoms with Crippen LogP contribution in [0.2, 0.25) is 0 Å². The molecule has 3 aromatic heterocycles. The van der Waals surface area contributed by atoms with Crippen molar-refractivity contribution in [1.82, 2.24) is 15.0 Å². The van der Waals surface area contributed by atoms with Gasteiger partial charge in [-0.15, -0.1) is 0 Å². The van der Waals surface area contributed by atoms with Crippen molar-refractivity contribution in [1.29, 1.82) is 5.26 Å². The van der Waals surface area contributed by atoms with E-state index in [1.165, 1.54) is 18.3 Å². The molecule has 0 aliphatic carbocycles. The molecule has 0 bridgehead atoms. The van der Waals surface area contributed by atoms with Crippen molar-refractivity contribution in [2.24, 2.45) is 5.73 Å². The average Bonchev–Trinajstić information content (AvgIpc) is 3.39. The van der Waals surface area contributed by atoms with Gasteiger partial charge in [0.05, 0.1) is 34.4 Å². The fourth-order valence-corrected chi connectivity index (χ4v) is 4.49. The molecule has 1 saturated heterocycles. The van der Waals surface area contributed by atoms with Gasteiger partial charge in [-0.2, -0.15) is 5.26 Å². The molecule has 4 N–H and O–H groups in total. The number of nitriles is 1. The van der Waals surface area contributed by atoms with Gasteiger partial charge in [-0.25, -0.2) is 13.8 Å². The van der Waals surface area contributed by atoms with Crippen LogP contribution in [-0.2, 0) is 0 Å². The largest absolute Gasteiger partial charge is 0.386 e. The van der Waals surface area contributed by atoms with Gasteiger partial charge in [0.25, 0.3) is 0 Å². The highest BCUT2D eigenvalue weighted by molar-refractivity contribution is 6.17. The number of pyridine rings is 2. The monoisotopic (exact) mass is 433 g/mol. The van der Waals surface area contributed by atoms with Gasteiger partial charge in [0.15, 0.2) is 0 Å². The minimum absolute atomic E-state index is 0.0784. The summed E-state index contributed by atoms with van der Waals surface area (Å²) in [7, 11) is 1.72. The van der Waals surface area contributed by atoms with Gasteiger partial charge in [-0.1, -0.05) is 0 Å². The molecule has 162 valence electrons. The fourth-order valence-electron chi connectivity index (χ4n) is 4.49. The van der Waals surface area contributed by atoms with E-state index in [0.717, 1.165) is 5.69 Å². The lowest BCUT2D eigenvalue weighted by atomic mass is 10.0. The molecule has 0 amide bonds. The summed E-state index contributed by atoms with van der Waals surface area (Å²) in [4.78, 5) is 14.0. The molecule has 1 aliphatic heterocycles. The standard InChI is InChI=1S/C23H21F2N7/c1-28-18-6-15(24)5-16-19-21(32-3-2-23(25,11-27)12-32)17(10-30-22(19)31-20(16)18)14-4-13(7-26)8-29-9-14/h4-6,8-10,28H,2-3,11-12,27H2,1H3,(H,30,31)/t23-/m0/s1. The maximum Gasteiger partial charge on any atom is 0.142 e. The smallest absolute Gasteiger partial charge is 0.142 e. The number of hydrogen-bond acceptors (Lipinski definition) is 6. The number of anilines is 2. The number of H-pyrrole nitrogens is 1. The Labute approximate surface area is 182 Å². The third kappa shape index (κ3) is 3.11. The summed E-state index contributed by atoms with van der Waals surface area (Å²) in [6, 6.07) is 6.68. The summed E-state index contributed by atoms with van der Waals surface area (Å²) in [5, 5.41) is 13.7. The van der Waals surface area contributed by atoms with Crippen LogP contribution in [0.5, 0.6) is 0 Å². The van der Waals surface area contributed by atoms with E-state index in [2.05, 4.69) is 26.3 Å². The summed E-state index contributed by atoms with van der Waals surface area (Å²) >= 11 is 0. The second-order valence-electron chi connectivity index (χ2n) is 8.10. The van der Waals surface area contributed by atoms with E-state index in [9.17, 15) is 9.65 Å². The first-order chi connectivity index (χ1) is 15.5. The summed E-state index contributed by atoms with van der Waals surface area (Å²) < 4.78 is 29.6. The van der Waals surface area contributed by atoms with Crippen molar-refractivity contribution in [2.75, 3.05) is 36.9 Å². The second kappa shape index (κ2) is 7.43. The molecule has 1 atom stereocenters. The lowest BCUT2D eigenvalue weighted by Crippen LogP contribution is -2.36.